The van der Waals surface area contributed by atoms with Gasteiger partial charge in [-0.15, -0.1) is 0 Å². The Bertz CT molecular complexity index is 353. The number of carbonyl (C=O) groups is 3. The molecule has 0 spiro atoms. The zero-order valence-corrected chi connectivity index (χ0v) is 11.4. The Morgan fingerprint density at radius 3 is 2.35 bits per heavy atom. The maximum Gasteiger partial charge on any atom is 0.326 e. The Kier molecular flexibility index (Phi) is 7.00. The molecule has 7 heteroatoms. The van der Waals surface area contributed by atoms with Crippen LogP contribution in [-0.2, 0) is 14.4 Å². The molecule has 1 amide bonds. The molecule has 0 unspecified atom stereocenters. The third-order valence-corrected chi connectivity index (χ3v) is 3.42. The lowest BCUT2D eigenvalue weighted by molar-refractivity contribution is -0.142. The molecule has 1 aliphatic rings. The van der Waals surface area contributed by atoms with Crippen molar-refractivity contribution in [1.82, 2.24) is 10.6 Å². The Hall–Kier alpha value is -1.63. The van der Waals surface area contributed by atoms with Crippen molar-refractivity contribution in [2.75, 3.05) is 6.54 Å². The highest BCUT2D eigenvalue weighted by molar-refractivity contribution is 5.84. The van der Waals surface area contributed by atoms with Gasteiger partial charge in [0.1, 0.15) is 6.04 Å². The standard InChI is InChI=1S/C13H22N2O5/c16-11(8-14-9-4-1-2-5-9)15-10(13(19)20)6-3-7-12(17)18/h9-10,14H,1-8H2,(H,15,16)(H,17,18)(H,19,20)/t10-/m1/s1. The Morgan fingerprint density at radius 1 is 1.15 bits per heavy atom. The minimum Gasteiger partial charge on any atom is -0.481 e. The van der Waals surface area contributed by atoms with E-state index in [2.05, 4.69) is 10.6 Å². The van der Waals surface area contributed by atoms with Crippen LogP contribution in [0.15, 0.2) is 0 Å². The van der Waals surface area contributed by atoms with Crippen LogP contribution in [-0.4, -0.2) is 46.7 Å². The van der Waals surface area contributed by atoms with E-state index in [1.807, 2.05) is 0 Å². The SMILES string of the molecule is O=C(O)CCC[C@@H](NC(=O)CNC1CCCC1)C(=O)O. The summed E-state index contributed by atoms with van der Waals surface area (Å²) in [4.78, 5) is 33.0. The maximum absolute atomic E-state index is 11.7. The molecule has 20 heavy (non-hydrogen) atoms. The second kappa shape index (κ2) is 8.52. The summed E-state index contributed by atoms with van der Waals surface area (Å²) in [5, 5.41) is 23.0. The van der Waals surface area contributed by atoms with Gasteiger partial charge in [-0.1, -0.05) is 12.8 Å². The second-order valence-corrected chi connectivity index (χ2v) is 5.11. The third kappa shape index (κ3) is 6.51. The van der Waals surface area contributed by atoms with Gasteiger partial charge in [0, 0.05) is 12.5 Å². The van der Waals surface area contributed by atoms with Gasteiger partial charge in [-0.2, -0.15) is 0 Å². The predicted octanol–water partition coefficient (Wildman–Crippen LogP) is 0.343. The van der Waals surface area contributed by atoms with Crippen LogP contribution in [0.1, 0.15) is 44.9 Å². The summed E-state index contributed by atoms with van der Waals surface area (Å²) in [7, 11) is 0. The van der Waals surface area contributed by atoms with Gasteiger partial charge in [0.2, 0.25) is 5.91 Å². The summed E-state index contributed by atoms with van der Waals surface area (Å²) in [5.41, 5.74) is 0. The van der Waals surface area contributed by atoms with E-state index >= 15 is 0 Å². The third-order valence-electron chi connectivity index (χ3n) is 3.42. The maximum atomic E-state index is 11.7. The summed E-state index contributed by atoms with van der Waals surface area (Å²) in [5.74, 6) is -2.47. The first-order valence-electron chi connectivity index (χ1n) is 6.96. The van der Waals surface area contributed by atoms with Crippen LogP contribution in [0.25, 0.3) is 0 Å². The first kappa shape index (κ1) is 16.4. The van der Waals surface area contributed by atoms with Crippen LogP contribution in [0.3, 0.4) is 0 Å². The molecule has 0 aromatic heterocycles. The highest BCUT2D eigenvalue weighted by Crippen LogP contribution is 2.17. The molecule has 0 bridgehead atoms. The van der Waals surface area contributed by atoms with Crippen LogP contribution >= 0.6 is 0 Å². The molecule has 1 atom stereocenters. The first-order valence-corrected chi connectivity index (χ1v) is 6.96. The average Bonchev–Trinajstić information content (AvgIpc) is 2.87. The van der Waals surface area contributed by atoms with Crippen molar-refractivity contribution in [3.8, 4) is 0 Å². The van der Waals surface area contributed by atoms with E-state index in [-0.39, 0.29) is 31.7 Å². The number of aliphatic carboxylic acids is 2. The summed E-state index contributed by atoms with van der Waals surface area (Å²) < 4.78 is 0. The molecule has 7 nitrogen and oxygen atoms in total. The molecule has 0 radical (unpaired) electrons. The lowest BCUT2D eigenvalue weighted by atomic mass is 10.1. The number of rotatable bonds is 9. The first-order chi connectivity index (χ1) is 9.49. The molecule has 0 aliphatic heterocycles. The monoisotopic (exact) mass is 286 g/mol. The van der Waals surface area contributed by atoms with Gasteiger partial charge in [-0.3, -0.25) is 9.59 Å². The van der Waals surface area contributed by atoms with Gasteiger partial charge in [0.25, 0.3) is 0 Å². The molecule has 0 heterocycles. The fraction of sp³-hybridized carbons (Fsp3) is 0.769. The Labute approximate surface area is 117 Å². The van der Waals surface area contributed by atoms with Gasteiger partial charge in [0.15, 0.2) is 0 Å². The van der Waals surface area contributed by atoms with Crippen LogP contribution in [0.5, 0.6) is 0 Å². The molecule has 1 rings (SSSR count). The normalized spacial score (nSPS) is 16.8. The molecule has 4 N–H and O–H groups in total. The topological polar surface area (TPSA) is 116 Å². The Morgan fingerprint density at radius 2 is 1.80 bits per heavy atom. The fourth-order valence-corrected chi connectivity index (χ4v) is 2.33. The zero-order valence-electron chi connectivity index (χ0n) is 11.4. The quantitative estimate of drug-likeness (QED) is 0.486. The number of hydrogen-bond donors (Lipinski definition) is 4. The molecule has 114 valence electrons. The van der Waals surface area contributed by atoms with E-state index in [1.54, 1.807) is 0 Å². The molecule has 1 aliphatic carbocycles. The van der Waals surface area contributed by atoms with Crippen LogP contribution in [0.2, 0.25) is 0 Å². The van der Waals surface area contributed by atoms with Crippen LogP contribution in [0.4, 0.5) is 0 Å². The number of carboxylic acid groups (broad SMARTS) is 2. The van der Waals surface area contributed by atoms with E-state index in [9.17, 15) is 14.4 Å². The predicted molar refractivity (Wildman–Crippen MR) is 71.3 cm³/mol. The molecule has 0 saturated heterocycles. The second-order valence-electron chi connectivity index (χ2n) is 5.11. The van der Waals surface area contributed by atoms with Gasteiger partial charge in [0.05, 0.1) is 6.54 Å². The van der Waals surface area contributed by atoms with Gasteiger partial charge in [-0.25, -0.2) is 4.79 Å². The number of carbonyl (C=O) groups excluding carboxylic acids is 1. The number of carboxylic acids is 2. The van der Waals surface area contributed by atoms with Crippen molar-refractivity contribution in [2.45, 2.75) is 57.0 Å². The molecule has 0 aromatic carbocycles. The zero-order chi connectivity index (χ0) is 15.0. The minimum atomic E-state index is -1.13. The number of hydrogen-bond acceptors (Lipinski definition) is 4. The minimum absolute atomic E-state index is 0.0972. The summed E-state index contributed by atoms with van der Waals surface area (Å²) in [6.45, 7) is 0.105. The van der Waals surface area contributed by atoms with E-state index in [1.165, 1.54) is 0 Å². The van der Waals surface area contributed by atoms with Crippen molar-refractivity contribution in [1.29, 1.82) is 0 Å². The van der Waals surface area contributed by atoms with E-state index in [0.717, 1.165) is 25.7 Å². The highest BCUT2D eigenvalue weighted by atomic mass is 16.4. The summed E-state index contributed by atoms with van der Waals surface area (Å²) >= 11 is 0. The van der Waals surface area contributed by atoms with Gasteiger partial charge >= 0.3 is 11.9 Å². The number of nitrogens with one attached hydrogen (secondary N) is 2. The van der Waals surface area contributed by atoms with Crippen molar-refractivity contribution >= 4 is 17.8 Å². The summed E-state index contributed by atoms with van der Waals surface area (Å²) in [6, 6.07) is -0.678. The molecular formula is C13H22N2O5. The smallest absolute Gasteiger partial charge is 0.326 e. The van der Waals surface area contributed by atoms with E-state index in [4.69, 9.17) is 10.2 Å². The number of amides is 1. The van der Waals surface area contributed by atoms with Crippen molar-refractivity contribution in [3.05, 3.63) is 0 Å². The van der Waals surface area contributed by atoms with E-state index in [0.29, 0.717) is 6.04 Å². The van der Waals surface area contributed by atoms with Crippen LogP contribution < -0.4 is 10.6 Å². The molecular weight excluding hydrogens is 264 g/mol. The lowest BCUT2D eigenvalue weighted by Crippen LogP contribution is -2.46. The molecule has 0 aromatic rings. The van der Waals surface area contributed by atoms with E-state index < -0.39 is 18.0 Å². The molecule has 1 fully saturated rings. The van der Waals surface area contributed by atoms with Gasteiger partial charge in [-0.05, 0) is 25.7 Å². The van der Waals surface area contributed by atoms with Crippen molar-refractivity contribution < 1.29 is 24.6 Å². The summed E-state index contributed by atoms with van der Waals surface area (Å²) in [6.07, 6.45) is 4.67. The van der Waals surface area contributed by atoms with Crippen molar-refractivity contribution in [3.63, 3.8) is 0 Å². The molecule has 1 saturated carbocycles. The van der Waals surface area contributed by atoms with Gasteiger partial charge < -0.3 is 20.8 Å². The Balaban J connectivity index is 2.26. The highest BCUT2D eigenvalue weighted by Gasteiger charge is 2.21. The largest absolute Gasteiger partial charge is 0.481 e. The fourth-order valence-electron chi connectivity index (χ4n) is 2.33. The average molecular weight is 286 g/mol. The van der Waals surface area contributed by atoms with Crippen LogP contribution in [0, 0.1) is 0 Å². The van der Waals surface area contributed by atoms with Crippen molar-refractivity contribution in [2.24, 2.45) is 0 Å². The lowest BCUT2D eigenvalue weighted by Gasteiger charge is -2.16.